The van der Waals surface area contributed by atoms with E-state index in [2.05, 4.69) is 15.9 Å². The van der Waals surface area contributed by atoms with Crippen LogP contribution in [-0.2, 0) is 16.0 Å². The summed E-state index contributed by atoms with van der Waals surface area (Å²) in [4.78, 5) is 24.0. The van der Waals surface area contributed by atoms with Gasteiger partial charge in [-0.3, -0.25) is 4.79 Å². The summed E-state index contributed by atoms with van der Waals surface area (Å²) in [6.45, 7) is 0. The van der Waals surface area contributed by atoms with Crippen LogP contribution in [0.2, 0.25) is 0 Å². The van der Waals surface area contributed by atoms with Gasteiger partial charge < -0.3 is 14.6 Å². The second-order valence-electron chi connectivity index (χ2n) is 5.05. The standard InChI is InChI=1S/C18H17BrO5/c1-23-18(22)14-10-13(15(20)11-19)7-8-16(14)24-17(21)9-12-5-3-2-4-6-12/h2-8,10,15,20H,9,11H2,1H3/t15-/m0/s1. The average Bonchev–Trinajstić information content (AvgIpc) is 2.61. The van der Waals surface area contributed by atoms with Crippen LogP contribution in [0.5, 0.6) is 5.75 Å². The van der Waals surface area contributed by atoms with Crippen molar-refractivity contribution in [2.45, 2.75) is 12.5 Å². The summed E-state index contributed by atoms with van der Waals surface area (Å²) in [6, 6.07) is 13.7. The Kier molecular flexibility index (Phi) is 6.52. The Labute approximate surface area is 148 Å². The fraction of sp³-hybridized carbons (Fsp3) is 0.222. The lowest BCUT2D eigenvalue weighted by Crippen LogP contribution is -2.15. The predicted octanol–water partition coefficient (Wildman–Crippen LogP) is 3.05. The van der Waals surface area contributed by atoms with Crippen molar-refractivity contribution in [1.29, 1.82) is 0 Å². The van der Waals surface area contributed by atoms with E-state index in [0.717, 1.165) is 5.56 Å². The Morgan fingerprint density at radius 1 is 1.17 bits per heavy atom. The van der Waals surface area contributed by atoms with Crippen molar-refractivity contribution in [2.75, 3.05) is 12.4 Å². The molecule has 0 aliphatic heterocycles. The van der Waals surface area contributed by atoms with E-state index in [1.165, 1.54) is 19.2 Å². The smallest absolute Gasteiger partial charge is 0.341 e. The number of rotatable bonds is 6. The summed E-state index contributed by atoms with van der Waals surface area (Å²) in [5, 5.41) is 10.2. The van der Waals surface area contributed by atoms with Gasteiger partial charge in [0.15, 0.2) is 0 Å². The Morgan fingerprint density at radius 2 is 1.88 bits per heavy atom. The van der Waals surface area contributed by atoms with Gasteiger partial charge in [-0.15, -0.1) is 0 Å². The largest absolute Gasteiger partial charge is 0.465 e. The van der Waals surface area contributed by atoms with Gasteiger partial charge in [0.2, 0.25) is 0 Å². The fourth-order valence-electron chi connectivity index (χ4n) is 2.12. The number of halogens is 1. The predicted molar refractivity (Wildman–Crippen MR) is 92.3 cm³/mol. The van der Waals surface area contributed by atoms with E-state index in [1.54, 1.807) is 6.07 Å². The third kappa shape index (κ3) is 4.66. The summed E-state index contributed by atoms with van der Waals surface area (Å²) >= 11 is 3.17. The average molecular weight is 393 g/mol. The van der Waals surface area contributed by atoms with Crippen molar-refractivity contribution in [3.05, 3.63) is 65.2 Å². The number of esters is 2. The molecule has 0 bridgehead atoms. The maximum atomic E-state index is 12.1. The molecule has 1 N–H and O–H groups in total. The monoisotopic (exact) mass is 392 g/mol. The summed E-state index contributed by atoms with van der Waals surface area (Å²) in [5.41, 5.74) is 1.43. The molecule has 0 amide bonds. The molecule has 126 valence electrons. The summed E-state index contributed by atoms with van der Waals surface area (Å²) in [7, 11) is 1.24. The topological polar surface area (TPSA) is 72.8 Å². The normalized spacial score (nSPS) is 11.6. The molecule has 0 aliphatic carbocycles. The van der Waals surface area contributed by atoms with Gasteiger partial charge in [-0.05, 0) is 23.3 Å². The van der Waals surface area contributed by atoms with E-state index in [0.29, 0.717) is 10.9 Å². The molecule has 0 saturated carbocycles. The minimum absolute atomic E-state index is 0.0905. The molecule has 0 aliphatic rings. The number of alkyl halides is 1. The quantitative estimate of drug-likeness (QED) is 0.464. The van der Waals surface area contributed by atoms with Gasteiger partial charge >= 0.3 is 11.9 Å². The molecule has 0 heterocycles. The summed E-state index contributed by atoms with van der Waals surface area (Å²) in [6.07, 6.45) is -0.685. The van der Waals surface area contributed by atoms with E-state index in [4.69, 9.17) is 9.47 Å². The molecule has 0 unspecified atom stereocenters. The highest BCUT2D eigenvalue weighted by molar-refractivity contribution is 9.09. The molecule has 0 saturated heterocycles. The van der Waals surface area contributed by atoms with Gasteiger partial charge in [-0.1, -0.05) is 52.3 Å². The van der Waals surface area contributed by atoms with Gasteiger partial charge in [0, 0.05) is 5.33 Å². The first-order valence-electron chi connectivity index (χ1n) is 7.26. The van der Waals surface area contributed by atoms with Crippen molar-refractivity contribution in [3.63, 3.8) is 0 Å². The molecule has 2 aromatic carbocycles. The molecule has 0 radical (unpaired) electrons. The molecule has 1 atom stereocenters. The Bertz CT molecular complexity index is 715. The first-order valence-corrected chi connectivity index (χ1v) is 8.38. The highest BCUT2D eigenvalue weighted by Gasteiger charge is 2.19. The molecule has 6 heteroatoms. The SMILES string of the molecule is COC(=O)c1cc([C@@H](O)CBr)ccc1OC(=O)Cc1ccccc1. The third-order valence-electron chi connectivity index (χ3n) is 3.35. The van der Waals surface area contributed by atoms with Crippen LogP contribution in [0.3, 0.4) is 0 Å². The second-order valence-corrected chi connectivity index (χ2v) is 5.70. The fourth-order valence-corrected chi connectivity index (χ4v) is 2.50. The van der Waals surface area contributed by atoms with Crippen LogP contribution in [0.25, 0.3) is 0 Å². The molecule has 5 nitrogen and oxygen atoms in total. The van der Waals surface area contributed by atoms with Gasteiger partial charge in [-0.2, -0.15) is 0 Å². The molecule has 0 fully saturated rings. The highest BCUT2D eigenvalue weighted by Crippen LogP contribution is 2.25. The van der Waals surface area contributed by atoms with Gasteiger partial charge in [0.05, 0.1) is 19.6 Å². The maximum absolute atomic E-state index is 12.1. The Morgan fingerprint density at radius 3 is 2.50 bits per heavy atom. The second kappa shape index (κ2) is 8.61. The van der Waals surface area contributed by atoms with Gasteiger partial charge in [0.1, 0.15) is 11.3 Å². The van der Waals surface area contributed by atoms with Gasteiger partial charge in [-0.25, -0.2) is 4.79 Å². The number of aliphatic hydroxyl groups excluding tert-OH is 1. The summed E-state index contributed by atoms with van der Waals surface area (Å²) in [5.74, 6) is -1.02. The lowest BCUT2D eigenvalue weighted by atomic mass is 10.1. The Balaban J connectivity index is 2.22. The van der Waals surface area contributed by atoms with Crippen molar-refractivity contribution in [3.8, 4) is 5.75 Å². The minimum Gasteiger partial charge on any atom is -0.465 e. The van der Waals surface area contributed by atoms with E-state index in [-0.39, 0.29) is 17.7 Å². The molecule has 0 aromatic heterocycles. The Hall–Kier alpha value is -2.18. The van der Waals surface area contributed by atoms with Crippen LogP contribution >= 0.6 is 15.9 Å². The van der Waals surface area contributed by atoms with Crippen LogP contribution < -0.4 is 4.74 Å². The molecular weight excluding hydrogens is 376 g/mol. The number of hydrogen-bond donors (Lipinski definition) is 1. The molecule has 24 heavy (non-hydrogen) atoms. The van der Waals surface area contributed by atoms with E-state index in [9.17, 15) is 14.7 Å². The number of methoxy groups -OCH3 is 1. The number of ether oxygens (including phenoxy) is 2. The van der Waals surface area contributed by atoms with Crippen molar-refractivity contribution in [1.82, 2.24) is 0 Å². The maximum Gasteiger partial charge on any atom is 0.341 e. The van der Waals surface area contributed by atoms with Crippen molar-refractivity contribution >= 4 is 27.9 Å². The van der Waals surface area contributed by atoms with Crippen molar-refractivity contribution < 1.29 is 24.2 Å². The first-order chi connectivity index (χ1) is 11.5. The van der Waals surface area contributed by atoms with Crippen LogP contribution in [0.15, 0.2) is 48.5 Å². The van der Waals surface area contributed by atoms with E-state index in [1.807, 2.05) is 30.3 Å². The number of aliphatic hydroxyl groups is 1. The number of carbonyl (C=O) groups is 2. The van der Waals surface area contributed by atoms with E-state index >= 15 is 0 Å². The number of benzene rings is 2. The third-order valence-corrected chi connectivity index (χ3v) is 3.97. The van der Waals surface area contributed by atoms with Crippen molar-refractivity contribution in [2.24, 2.45) is 0 Å². The zero-order valence-electron chi connectivity index (χ0n) is 13.1. The number of carbonyl (C=O) groups excluding carboxylic acids is 2. The zero-order valence-corrected chi connectivity index (χ0v) is 14.7. The highest BCUT2D eigenvalue weighted by atomic mass is 79.9. The van der Waals surface area contributed by atoms with Crippen LogP contribution in [-0.4, -0.2) is 29.5 Å². The van der Waals surface area contributed by atoms with E-state index < -0.39 is 18.0 Å². The summed E-state index contributed by atoms with van der Waals surface area (Å²) < 4.78 is 10.0. The van der Waals surface area contributed by atoms with Crippen LogP contribution in [0.4, 0.5) is 0 Å². The lowest BCUT2D eigenvalue weighted by Gasteiger charge is -2.13. The molecule has 0 spiro atoms. The van der Waals surface area contributed by atoms with Gasteiger partial charge in [0.25, 0.3) is 0 Å². The minimum atomic E-state index is -0.775. The number of hydrogen-bond acceptors (Lipinski definition) is 5. The molecule has 2 aromatic rings. The first kappa shape index (κ1) is 18.2. The lowest BCUT2D eigenvalue weighted by molar-refractivity contribution is -0.133. The molecule has 2 rings (SSSR count). The zero-order chi connectivity index (χ0) is 17.5. The molecular formula is C18H17BrO5. The van der Waals surface area contributed by atoms with Crippen LogP contribution in [0, 0.1) is 0 Å². The van der Waals surface area contributed by atoms with Crippen LogP contribution in [0.1, 0.15) is 27.6 Å².